The molecule has 2 amide bonds. The molecular weight excluding hydrogens is 468 g/mol. The van der Waals surface area contributed by atoms with Crippen molar-refractivity contribution >= 4 is 50.8 Å². The zero-order valence-corrected chi connectivity index (χ0v) is 21.2. The third kappa shape index (κ3) is 5.70. The van der Waals surface area contributed by atoms with Gasteiger partial charge in [-0.1, -0.05) is 25.1 Å². The van der Waals surface area contributed by atoms with Crippen LogP contribution in [0, 0.1) is 6.92 Å². The van der Waals surface area contributed by atoms with Crippen LogP contribution >= 0.6 is 23.1 Å². The zero-order valence-electron chi connectivity index (χ0n) is 19.6. The van der Waals surface area contributed by atoms with Crippen LogP contribution in [0.2, 0.25) is 0 Å². The normalized spacial score (nSPS) is 13.0. The van der Waals surface area contributed by atoms with Crippen LogP contribution in [0.1, 0.15) is 48.0 Å². The largest absolute Gasteiger partial charge is 0.333 e. The number of aryl methyl sites for hydroxylation is 3. The molecule has 0 spiro atoms. The van der Waals surface area contributed by atoms with Crippen molar-refractivity contribution in [3.8, 4) is 0 Å². The molecule has 1 aliphatic rings. The number of para-hydroxylation sites is 1. The molecule has 0 atom stereocenters. The van der Waals surface area contributed by atoms with E-state index < -0.39 is 0 Å². The minimum atomic E-state index is -0.209. The summed E-state index contributed by atoms with van der Waals surface area (Å²) in [6.07, 6.45) is 5.03. The summed E-state index contributed by atoms with van der Waals surface area (Å²) in [6, 6.07) is 7.57. The Bertz CT molecular complexity index is 1250. The number of thiophene rings is 1. The number of nitrogens with one attached hydrogen (secondary N) is 2. The van der Waals surface area contributed by atoms with Crippen molar-refractivity contribution in [3.63, 3.8) is 0 Å². The molecule has 1 aromatic carbocycles. The highest BCUT2D eigenvalue weighted by Crippen LogP contribution is 2.33. The minimum Gasteiger partial charge on any atom is -0.333 e. The summed E-state index contributed by atoms with van der Waals surface area (Å²) in [5.74, 6) is 0.948. The molecule has 2 heterocycles. The number of carbonyl (C=O) groups excluding carboxylic acids is 2. The molecule has 2 N–H and O–H groups in total. The number of H-pyrrole nitrogens is 1. The summed E-state index contributed by atoms with van der Waals surface area (Å²) in [5, 5.41) is 3.64. The van der Waals surface area contributed by atoms with Crippen molar-refractivity contribution in [3.05, 3.63) is 56.4 Å². The van der Waals surface area contributed by atoms with Gasteiger partial charge in [-0.3, -0.25) is 14.4 Å². The first-order valence-corrected chi connectivity index (χ1v) is 13.7. The number of amides is 2. The molecule has 4 rings (SSSR count). The molecule has 0 saturated heterocycles. The summed E-state index contributed by atoms with van der Waals surface area (Å²) in [6.45, 7) is 4.45. The Morgan fingerprint density at radius 2 is 2.03 bits per heavy atom. The van der Waals surface area contributed by atoms with E-state index in [0.717, 1.165) is 47.2 Å². The Hall–Kier alpha value is -2.65. The molecule has 7 nitrogen and oxygen atoms in total. The molecule has 180 valence electrons. The van der Waals surface area contributed by atoms with E-state index in [-0.39, 0.29) is 29.7 Å². The van der Waals surface area contributed by atoms with Crippen molar-refractivity contribution in [1.82, 2.24) is 14.9 Å². The molecule has 0 radical (unpaired) electrons. The highest BCUT2D eigenvalue weighted by atomic mass is 32.2. The summed E-state index contributed by atoms with van der Waals surface area (Å²) in [5.41, 5.74) is 2.83. The Morgan fingerprint density at radius 3 is 2.82 bits per heavy atom. The van der Waals surface area contributed by atoms with Crippen LogP contribution in [0.4, 0.5) is 5.69 Å². The summed E-state index contributed by atoms with van der Waals surface area (Å²) in [7, 11) is 0. The lowest BCUT2D eigenvalue weighted by molar-refractivity contribution is -0.132. The van der Waals surface area contributed by atoms with E-state index in [2.05, 4.69) is 15.3 Å². The van der Waals surface area contributed by atoms with Crippen molar-refractivity contribution in [2.24, 2.45) is 0 Å². The number of hydrogen-bond donors (Lipinski definition) is 2. The molecule has 0 fully saturated rings. The molecule has 3 aromatic rings. The number of rotatable bonds is 9. The fourth-order valence-corrected chi connectivity index (χ4v) is 6.31. The van der Waals surface area contributed by atoms with Gasteiger partial charge in [0.1, 0.15) is 10.7 Å². The number of nitrogens with zero attached hydrogens (tertiary/aromatic N) is 2. The van der Waals surface area contributed by atoms with Gasteiger partial charge in [0.2, 0.25) is 11.8 Å². The van der Waals surface area contributed by atoms with Crippen LogP contribution in [0.5, 0.6) is 0 Å². The van der Waals surface area contributed by atoms with Gasteiger partial charge < -0.3 is 15.2 Å². The first kappa shape index (κ1) is 24.5. The third-order valence-corrected chi connectivity index (χ3v) is 8.05. The Labute approximate surface area is 207 Å². The fourth-order valence-electron chi connectivity index (χ4n) is 4.24. The van der Waals surface area contributed by atoms with Crippen molar-refractivity contribution < 1.29 is 9.59 Å². The highest BCUT2D eigenvalue weighted by Gasteiger charge is 2.20. The topological polar surface area (TPSA) is 95.2 Å². The molecule has 1 aliphatic carbocycles. The van der Waals surface area contributed by atoms with E-state index in [1.54, 1.807) is 16.2 Å². The second-order valence-corrected chi connectivity index (χ2v) is 10.6. The van der Waals surface area contributed by atoms with E-state index in [1.807, 2.05) is 38.1 Å². The summed E-state index contributed by atoms with van der Waals surface area (Å²) < 4.78 is 0. The molecule has 0 aliphatic heterocycles. The van der Waals surface area contributed by atoms with Crippen LogP contribution in [0.3, 0.4) is 0 Å². The summed E-state index contributed by atoms with van der Waals surface area (Å²) in [4.78, 5) is 49.3. The lowest BCUT2D eigenvalue weighted by atomic mass is 9.97. The second kappa shape index (κ2) is 11.2. The maximum absolute atomic E-state index is 12.8. The molecule has 0 unspecified atom stereocenters. The van der Waals surface area contributed by atoms with Crippen LogP contribution < -0.4 is 10.9 Å². The van der Waals surface area contributed by atoms with Crippen LogP contribution in [0.15, 0.2) is 29.1 Å². The van der Waals surface area contributed by atoms with E-state index in [9.17, 15) is 14.4 Å². The first-order valence-electron chi connectivity index (χ1n) is 11.7. The predicted molar refractivity (Wildman–Crippen MR) is 140 cm³/mol. The van der Waals surface area contributed by atoms with Crippen LogP contribution in [0.25, 0.3) is 10.2 Å². The van der Waals surface area contributed by atoms with Gasteiger partial charge in [-0.2, -0.15) is 0 Å². The van der Waals surface area contributed by atoms with Gasteiger partial charge in [0.05, 0.1) is 23.4 Å². The van der Waals surface area contributed by atoms with E-state index >= 15 is 0 Å². The Kier molecular flexibility index (Phi) is 8.05. The number of hydrogen-bond acceptors (Lipinski definition) is 6. The maximum Gasteiger partial charge on any atom is 0.259 e. The van der Waals surface area contributed by atoms with Gasteiger partial charge in [-0.05, 0) is 56.2 Å². The van der Waals surface area contributed by atoms with Gasteiger partial charge in [0, 0.05) is 17.1 Å². The van der Waals surface area contributed by atoms with Crippen molar-refractivity contribution in [2.45, 2.75) is 51.7 Å². The molecule has 0 bridgehead atoms. The van der Waals surface area contributed by atoms with Crippen molar-refractivity contribution in [1.29, 1.82) is 0 Å². The number of thioether (sulfide) groups is 1. The second-order valence-electron chi connectivity index (χ2n) is 8.57. The molecule has 9 heteroatoms. The lowest BCUT2D eigenvalue weighted by Gasteiger charge is -2.21. The van der Waals surface area contributed by atoms with E-state index in [0.29, 0.717) is 18.1 Å². The van der Waals surface area contributed by atoms with Crippen LogP contribution in [-0.4, -0.2) is 45.5 Å². The molecule has 34 heavy (non-hydrogen) atoms. The minimum absolute atomic E-state index is 0.0172. The Balaban J connectivity index is 1.35. The maximum atomic E-state index is 12.8. The summed E-state index contributed by atoms with van der Waals surface area (Å²) >= 11 is 3.03. The standard InChI is InChI=1S/C25H30N4O3S2/c1-3-12-29(13-21(30)26-18-10-6-4-8-16(18)2)22(31)15-33-14-20-27-24(32)23-17-9-5-7-11-19(17)34-25(23)28-20/h4,6,8,10H,3,5,7,9,11-15H2,1-2H3,(H,26,30)(H,27,28,32). The van der Waals surface area contributed by atoms with Gasteiger partial charge in [0.15, 0.2) is 0 Å². The molecule has 0 saturated carbocycles. The van der Waals surface area contributed by atoms with Crippen molar-refractivity contribution in [2.75, 3.05) is 24.2 Å². The van der Waals surface area contributed by atoms with Gasteiger partial charge in [0.25, 0.3) is 5.56 Å². The molecule has 2 aromatic heterocycles. The molecular formula is C25H30N4O3S2. The first-order chi connectivity index (χ1) is 16.5. The Morgan fingerprint density at radius 1 is 1.24 bits per heavy atom. The smallest absolute Gasteiger partial charge is 0.259 e. The van der Waals surface area contributed by atoms with E-state index in [4.69, 9.17) is 0 Å². The number of aromatic nitrogens is 2. The monoisotopic (exact) mass is 498 g/mol. The third-order valence-electron chi connectivity index (χ3n) is 5.94. The quantitative estimate of drug-likeness (QED) is 0.459. The zero-order chi connectivity index (χ0) is 24.1. The number of fused-ring (bicyclic) bond motifs is 3. The van der Waals surface area contributed by atoms with Gasteiger partial charge in [-0.25, -0.2) is 4.98 Å². The SMILES string of the molecule is CCCN(CC(=O)Nc1ccccc1C)C(=O)CSCc1nc2sc3c(c2c(=O)[nH]1)CCCC3. The predicted octanol–water partition coefficient (Wildman–Crippen LogP) is 4.28. The lowest BCUT2D eigenvalue weighted by Crippen LogP contribution is -2.39. The van der Waals surface area contributed by atoms with Gasteiger partial charge in [-0.15, -0.1) is 23.1 Å². The number of aromatic amines is 1. The van der Waals surface area contributed by atoms with Gasteiger partial charge >= 0.3 is 0 Å². The average Bonchev–Trinajstić information content (AvgIpc) is 3.19. The average molecular weight is 499 g/mol. The highest BCUT2D eigenvalue weighted by molar-refractivity contribution is 7.99. The number of carbonyl (C=O) groups is 2. The van der Waals surface area contributed by atoms with Crippen LogP contribution in [-0.2, 0) is 28.2 Å². The number of benzene rings is 1. The number of anilines is 1. The van der Waals surface area contributed by atoms with E-state index in [1.165, 1.54) is 28.6 Å². The fraction of sp³-hybridized carbons (Fsp3) is 0.440.